The van der Waals surface area contributed by atoms with Gasteiger partial charge in [-0.05, 0) is 76.3 Å². The van der Waals surface area contributed by atoms with Gasteiger partial charge >= 0.3 is 6.09 Å². The zero-order chi connectivity index (χ0) is 37.1. The number of rotatable bonds is 18. The van der Waals surface area contributed by atoms with E-state index >= 15 is 0 Å². The zero-order valence-electron chi connectivity index (χ0n) is 30.8. The number of alkyl carbamates (subject to hydrolysis) is 1. The summed E-state index contributed by atoms with van der Waals surface area (Å²) in [5.74, 6) is -1.69. The third-order valence-electron chi connectivity index (χ3n) is 8.27. The molecule has 1 heterocycles. The lowest BCUT2D eigenvalue weighted by Gasteiger charge is -2.28. The van der Waals surface area contributed by atoms with Crippen molar-refractivity contribution in [2.75, 3.05) is 6.61 Å². The van der Waals surface area contributed by atoms with E-state index in [4.69, 9.17) is 9.47 Å². The second kappa shape index (κ2) is 18.1. The molecule has 0 saturated carbocycles. The van der Waals surface area contributed by atoms with E-state index in [-0.39, 0.29) is 36.9 Å². The summed E-state index contributed by atoms with van der Waals surface area (Å²) < 4.78 is 10.8. The van der Waals surface area contributed by atoms with Crippen molar-refractivity contribution in [1.29, 1.82) is 0 Å². The van der Waals surface area contributed by atoms with Gasteiger partial charge in [0.15, 0.2) is 5.78 Å². The van der Waals surface area contributed by atoms with E-state index in [0.29, 0.717) is 19.4 Å². The second-order valence-electron chi connectivity index (χ2n) is 15.2. The van der Waals surface area contributed by atoms with E-state index in [0.717, 1.165) is 11.1 Å². The lowest BCUT2D eigenvalue weighted by molar-refractivity contribution is -0.134. The van der Waals surface area contributed by atoms with Crippen LogP contribution in [0, 0.1) is 11.8 Å². The molecule has 0 aliphatic carbocycles. The maximum absolute atomic E-state index is 14.0. The van der Waals surface area contributed by atoms with Gasteiger partial charge < -0.3 is 30.7 Å². The Morgan fingerprint density at radius 2 is 1.16 bits per heavy atom. The fraction of sp³-hybridized carbons (Fsp3) is 0.564. The van der Waals surface area contributed by atoms with Gasteiger partial charge in [-0.15, -0.1) is 0 Å². The van der Waals surface area contributed by atoms with Crippen molar-refractivity contribution < 1.29 is 33.4 Å². The molecule has 4 amide bonds. The third-order valence-corrected chi connectivity index (χ3v) is 8.27. The van der Waals surface area contributed by atoms with Crippen molar-refractivity contribution in [3.05, 3.63) is 71.8 Å². The van der Waals surface area contributed by atoms with Crippen molar-refractivity contribution in [3.8, 4) is 0 Å². The van der Waals surface area contributed by atoms with Gasteiger partial charge in [-0.3, -0.25) is 19.2 Å². The van der Waals surface area contributed by atoms with E-state index in [1.165, 1.54) is 0 Å². The van der Waals surface area contributed by atoms with Crippen LogP contribution in [0.5, 0.6) is 0 Å². The van der Waals surface area contributed by atoms with Crippen LogP contribution in [0.3, 0.4) is 0 Å². The highest BCUT2D eigenvalue weighted by Crippen LogP contribution is 2.29. The van der Waals surface area contributed by atoms with Crippen molar-refractivity contribution in [1.82, 2.24) is 21.3 Å². The van der Waals surface area contributed by atoms with Gasteiger partial charge in [0.25, 0.3) is 0 Å². The minimum atomic E-state index is -1.04. The number of amides is 4. The van der Waals surface area contributed by atoms with Crippen LogP contribution in [0.4, 0.5) is 4.79 Å². The van der Waals surface area contributed by atoms with Gasteiger partial charge in [0.05, 0.1) is 12.6 Å². The van der Waals surface area contributed by atoms with Crippen molar-refractivity contribution in [3.63, 3.8) is 0 Å². The van der Waals surface area contributed by atoms with Gasteiger partial charge in [-0.1, -0.05) is 88.4 Å². The molecular weight excluding hydrogens is 636 g/mol. The fourth-order valence-electron chi connectivity index (χ4n) is 5.58. The monoisotopic (exact) mass is 692 g/mol. The predicted octanol–water partition coefficient (Wildman–Crippen LogP) is 4.66. The molecule has 1 saturated heterocycles. The number of hydrogen-bond acceptors (Lipinski definition) is 7. The van der Waals surface area contributed by atoms with Gasteiger partial charge in [-0.2, -0.15) is 0 Å². The van der Waals surface area contributed by atoms with Gasteiger partial charge in [0.1, 0.15) is 29.3 Å². The second-order valence-corrected chi connectivity index (χ2v) is 15.2. The van der Waals surface area contributed by atoms with Crippen molar-refractivity contribution in [2.45, 2.75) is 123 Å². The lowest BCUT2D eigenvalue weighted by atomic mass is 9.93. The van der Waals surface area contributed by atoms with E-state index in [1.54, 1.807) is 27.7 Å². The van der Waals surface area contributed by atoms with E-state index in [1.807, 2.05) is 88.4 Å². The number of Topliss-reactive ketones (excluding diaryl/α,β-unsaturated/α-hetero) is 1. The maximum Gasteiger partial charge on any atom is 0.408 e. The number of carbonyl (C=O) groups excluding carboxylic acids is 5. The molecule has 50 heavy (non-hydrogen) atoms. The summed E-state index contributed by atoms with van der Waals surface area (Å²) in [5.41, 5.74) is 0.0894. The highest BCUT2D eigenvalue weighted by molar-refractivity contribution is 5.98. The van der Waals surface area contributed by atoms with Crippen LogP contribution in [0.25, 0.3) is 0 Å². The SMILES string of the molecule is CC(C)CC(NC(=O)[C@H](CCc1ccccc1)NC(=O)OC(C)(C)C)C(=O)N[C@@H](Cc1ccccc1)C(=O)N[C@H](CC(C)C)C(=O)[C@]1(C)CO1. The summed E-state index contributed by atoms with van der Waals surface area (Å²) in [6.45, 7) is 15.0. The first-order valence-electron chi connectivity index (χ1n) is 17.6. The Hall–Kier alpha value is -4.25. The molecule has 2 aromatic carbocycles. The largest absolute Gasteiger partial charge is 0.444 e. The smallest absolute Gasteiger partial charge is 0.408 e. The fourth-order valence-corrected chi connectivity index (χ4v) is 5.58. The van der Waals surface area contributed by atoms with Crippen LogP contribution in [0.2, 0.25) is 0 Å². The Bertz CT molecular complexity index is 1440. The Kier molecular flexibility index (Phi) is 14.6. The Balaban J connectivity index is 1.83. The standard InChI is InChI=1S/C39H56N4O7/c1-25(2)21-30(33(44)39(8)24-49-39)40-36(47)32(23-28-17-13-10-14-18-28)42-35(46)31(22-26(3)4)41-34(45)29(43-37(48)50-38(5,6)7)20-19-27-15-11-9-12-16-27/h9-18,25-26,29-32H,19-24H2,1-8H3,(H,40,47)(H,41,45)(H,42,46)(H,43,48)/t29-,30+,31?,32-,39-/m0/s1. The summed E-state index contributed by atoms with van der Waals surface area (Å²) in [6, 6.07) is 15.0. The Morgan fingerprint density at radius 3 is 1.68 bits per heavy atom. The first-order valence-corrected chi connectivity index (χ1v) is 17.6. The summed E-state index contributed by atoms with van der Waals surface area (Å²) in [5, 5.41) is 11.3. The van der Waals surface area contributed by atoms with Gasteiger partial charge in [0.2, 0.25) is 17.7 Å². The van der Waals surface area contributed by atoms with E-state index < -0.39 is 59.2 Å². The van der Waals surface area contributed by atoms with Crippen molar-refractivity contribution in [2.24, 2.45) is 11.8 Å². The molecule has 4 N–H and O–H groups in total. The molecule has 1 unspecified atom stereocenters. The number of ether oxygens (including phenoxy) is 2. The molecular formula is C39H56N4O7. The molecule has 0 radical (unpaired) electrons. The van der Waals surface area contributed by atoms with Crippen LogP contribution >= 0.6 is 0 Å². The van der Waals surface area contributed by atoms with Crippen LogP contribution in [0.1, 0.15) is 85.8 Å². The number of epoxide rings is 1. The highest BCUT2D eigenvalue weighted by Gasteiger charge is 2.50. The number of ketones is 1. The number of carbonyl (C=O) groups is 5. The summed E-state index contributed by atoms with van der Waals surface area (Å²) in [7, 11) is 0. The average molecular weight is 693 g/mol. The first kappa shape index (κ1) is 40.2. The number of benzene rings is 2. The molecule has 11 nitrogen and oxygen atoms in total. The topological polar surface area (TPSA) is 155 Å². The molecule has 5 atom stereocenters. The van der Waals surface area contributed by atoms with Gasteiger partial charge in [-0.25, -0.2) is 4.79 Å². The average Bonchev–Trinajstić information content (AvgIpc) is 3.79. The minimum absolute atomic E-state index is 0.00126. The molecule has 11 heteroatoms. The predicted molar refractivity (Wildman–Crippen MR) is 192 cm³/mol. The quantitative estimate of drug-likeness (QED) is 0.166. The lowest BCUT2D eigenvalue weighted by Crippen LogP contribution is -2.59. The molecule has 1 fully saturated rings. The molecule has 0 spiro atoms. The first-order chi connectivity index (χ1) is 23.5. The molecule has 3 rings (SSSR count). The molecule has 0 bridgehead atoms. The molecule has 2 aromatic rings. The van der Waals surface area contributed by atoms with E-state index in [2.05, 4.69) is 21.3 Å². The maximum atomic E-state index is 14.0. The molecule has 1 aliphatic heterocycles. The van der Waals surface area contributed by atoms with Crippen LogP contribution in [-0.4, -0.2) is 71.6 Å². The molecule has 0 aromatic heterocycles. The van der Waals surface area contributed by atoms with Crippen LogP contribution in [-0.2, 0) is 41.5 Å². The molecule has 274 valence electrons. The van der Waals surface area contributed by atoms with Crippen LogP contribution in [0.15, 0.2) is 60.7 Å². The Labute approximate surface area is 297 Å². The summed E-state index contributed by atoms with van der Waals surface area (Å²) in [4.78, 5) is 67.8. The summed E-state index contributed by atoms with van der Waals surface area (Å²) in [6.07, 6.45) is 0.867. The number of aryl methyl sites for hydroxylation is 1. The normalized spacial score (nSPS) is 18.0. The zero-order valence-corrected chi connectivity index (χ0v) is 30.8. The van der Waals surface area contributed by atoms with Crippen molar-refractivity contribution >= 4 is 29.6 Å². The van der Waals surface area contributed by atoms with E-state index in [9.17, 15) is 24.0 Å². The number of nitrogens with one attached hydrogen (secondary N) is 4. The summed E-state index contributed by atoms with van der Waals surface area (Å²) >= 11 is 0. The minimum Gasteiger partial charge on any atom is -0.444 e. The van der Waals surface area contributed by atoms with Gasteiger partial charge in [0, 0.05) is 6.42 Å². The Morgan fingerprint density at radius 1 is 0.700 bits per heavy atom. The van der Waals surface area contributed by atoms with Crippen LogP contribution < -0.4 is 21.3 Å². The molecule has 1 aliphatic rings. The highest BCUT2D eigenvalue weighted by atomic mass is 16.6. The third kappa shape index (κ3) is 13.6. The number of hydrogen-bond donors (Lipinski definition) is 4.